The van der Waals surface area contributed by atoms with Crippen molar-refractivity contribution < 1.29 is 22.1 Å². The van der Waals surface area contributed by atoms with Crippen LogP contribution in [0.1, 0.15) is 145 Å². The maximum Gasteiger partial charge on any atom is 0.177 e. The average molecular weight is 1100 g/mol. The van der Waals surface area contributed by atoms with Gasteiger partial charge in [-0.1, -0.05) is 146 Å². The molecule has 0 saturated heterocycles. The number of halogens is 1. The lowest BCUT2D eigenvalue weighted by molar-refractivity contribution is 0.495. The molecule has 0 radical (unpaired) electrons. The minimum absolute atomic E-state index is 0.117. The first-order chi connectivity index (χ1) is 36.0. The van der Waals surface area contributed by atoms with E-state index in [1.54, 1.807) is 81.5 Å². The van der Waals surface area contributed by atoms with Crippen molar-refractivity contribution in [1.29, 1.82) is 0 Å². The number of rotatable bonds is 14. The van der Waals surface area contributed by atoms with Gasteiger partial charge in [0.2, 0.25) is 0 Å². The molecule has 0 aliphatic carbocycles. The van der Waals surface area contributed by atoms with E-state index in [0.717, 1.165) is 57.5 Å². The maximum atomic E-state index is 12.5. The van der Waals surface area contributed by atoms with Crippen molar-refractivity contribution in [3.05, 3.63) is 177 Å². The van der Waals surface area contributed by atoms with Crippen LogP contribution in [-0.4, -0.2) is 0 Å². The summed E-state index contributed by atoms with van der Waals surface area (Å²) in [6.07, 6.45) is 20.1. The fraction of sp³-hybridized carbons (Fsp3) is 0.355. The highest BCUT2D eigenvalue weighted by molar-refractivity contribution is 7.15. The second kappa shape index (κ2) is 43.6. The van der Waals surface area contributed by atoms with Gasteiger partial charge in [0.25, 0.3) is 0 Å². The third-order valence-corrected chi connectivity index (χ3v) is 14.8. The zero-order chi connectivity index (χ0) is 53.9. The van der Waals surface area contributed by atoms with Crippen LogP contribution in [0.3, 0.4) is 0 Å². The van der Waals surface area contributed by atoms with E-state index in [1.807, 2.05) is 136 Å². The van der Waals surface area contributed by atoms with E-state index in [1.165, 1.54) is 81.1 Å². The van der Waals surface area contributed by atoms with Crippen LogP contribution >= 0.6 is 68.0 Å². The van der Waals surface area contributed by atoms with Gasteiger partial charge in [-0.05, 0) is 107 Å². The van der Waals surface area contributed by atoms with Gasteiger partial charge in [0, 0.05) is 70.4 Å². The van der Waals surface area contributed by atoms with E-state index in [9.17, 15) is 4.39 Å². The van der Waals surface area contributed by atoms with Crippen LogP contribution in [0.2, 0.25) is 0 Å². The summed E-state index contributed by atoms with van der Waals surface area (Å²) in [5, 5.41) is 12.0. The molecule has 4 nitrogen and oxygen atoms in total. The standard InChI is InChI=1S/C14H18OS.C13H16OS.C9H8OS.C8H5FS2.C8H6OS.5C2H6/c1-2-3-4-5-7-13-10-12(11-15-13)14-8-6-9-16-14;1-2-3-4-6-12-9-11(10-14-12)13-7-5-8-15-13;1-7-5-8(6-10-7)9-3-2-4-11-9;9-8-4-6(5-11-8)7-2-1-3-10-7;1-2-8(10-5-1)7-3-4-9-6-7;5*1-2/h6,8-11H,2-5,7H2,1H3;5,7-10H,2-4,6H2,1H3;2-6H,1H3;1-5H;1-6H;5*1-2H3. The minimum Gasteiger partial charge on any atom is -0.472 e. The second-order valence-corrected chi connectivity index (χ2v) is 20.0. The molecule has 73 heavy (non-hydrogen) atoms. The van der Waals surface area contributed by atoms with Crippen LogP contribution in [0.4, 0.5) is 4.39 Å². The van der Waals surface area contributed by atoms with Crippen molar-refractivity contribution in [2.45, 2.75) is 148 Å². The van der Waals surface area contributed by atoms with Gasteiger partial charge in [0.1, 0.15) is 17.3 Å². The summed E-state index contributed by atoms with van der Waals surface area (Å²) in [5.41, 5.74) is 5.77. The quantitative estimate of drug-likeness (QED) is 0.102. The molecule has 11 heteroatoms. The maximum absolute atomic E-state index is 12.5. The predicted octanol–water partition coefficient (Wildman–Crippen LogP) is 24.9. The molecular formula is C62H83FO4S6. The molecule has 0 unspecified atom stereocenters. The van der Waals surface area contributed by atoms with Crippen molar-refractivity contribution >= 4 is 68.0 Å². The van der Waals surface area contributed by atoms with Gasteiger partial charge in [0.15, 0.2) is 5.13 Å². The Morgan fingerprint density at radius 3 is 1.12 bits per heavy atom. The van der Waals surface area contributed by atoms with Gasteiger partial charge in [-0.3, -0.25) is 0 Å². The van der Waals surface area contributed by atoms with Crippen LogP contribution in [0, 0.1) is 12.1 Å². The summed E-state index contributed by atoms with van der Waals surface area (Å²) < 4.78 is 33.8. The monoisotopic (exact) mass is 1100 g/mol. The molecule has 10 aromatic heterocycles. The van der Waals surface area contributed by atoms with Gasteiger partial charge < -0.3 is 17.7 Å². The van der Waals surface area contributed by atoms with E-state index < -0.39 is 0 Å². The Bertz CT molecular complexity index is 2480. The third-order valence-electron chi connectivity index (χ3n) is 9.46. The summed E-state index contributed by atoms with van der Waals surface area (Å²) in [6, 6.07) is 30.5. The number of furan rings is 4. The van der Waals surface area contributed by atoms with Crippen LogP contribution in [0.5, 0.6) is 0 Å². The molecule has 0 aliphatic rings. The van der Waals surface area contributed by atoms with Gasteiger partial charge in [-0.25, -0.2) is 0 Å². The lowest BCUT2D eigenvalue weighted by Gasteiger charge is -1.95. The highest BCUT2D eigenvalue weighted by Gasteiger charge is 2.07. The van der Waals surface area contributed by atoms with E-state index in [0.29, 0.717) is 0 Å². The number of unbranched alkanes of at least 4 members (excludes halogenated alkanes) is 5. The molecule has 0 spiro atoms. The van der Waals surface area contributed by atoms with Crippen molar-refractivity contribution in [2.75, 3.05) is 0 Å². The molecule has 0 fully saturated rings. The molecule has 10 heterocycles. The van der Waals surface area contributed by atoms with Gasteiger partial charge in [0.05, 0.1) is 31.3 Å². The predicted molar refractivity (Wildman–Crippen MR) is 328 cm³/mol. The lowest BCUT2D eigenvalue weighted by atomic mass is 10.1. The molecule has 0 N–H and O–H groups in total. The van der Waals surface area contributed by atoms with Crippen molar-refractivity contribution in [1.82, 2.24) is 0 Å². The first kappa shape index (κ1) is 66.3. The van der Waals surface area contributed by atoms with Crippen LogP contribution in [0.15, 0.2) is 172 Å². The zero-order valence-electron chi connectivity index (χ0n) is 45.8. The molecule has 0 atom stereocenters. The number of hydrogen-bond donors (Lipinski definition) is 0. The molecule has 0 saturated carbocycles. The van der Waals surface area contributed by atoms with E-state index >= 15 is 0 Å². The Hall–Kier alpha value is -4.75. The highest BCUT2D eigenvalue weighted by Crippen LogP contribution is 2.30. The highest BCUT2D eigenvalue weighted by atomic mass is 32.1. The molecule has 398 valence electrons. The topological polar surface area (TPSA) is 52.6 Å². The van der Waals surface area contributed by atoms with E-state index in [2.05, 4.69) is 83.9 Å². The van der Waals surface area contributed by atoms with Gasteiger partial charge in [-0.2, -0.15) is 4.39 Å². The summed E-state index contributed by atoms with van der Waals surface area (Å²) in [6.45, 7) is 26.4. The minimum atomic E-state index is -0.117. The van der Waals surface area contributed by atoms with E-state index in [-0.39, 0.29) is 5.13 Å². The van der Waals surface area contributed by atoms with Crippen molar-refractivity contribution in [3.8, 4) is 52.2 Å². The summed E-state index contributed by atoms with van der Waals surface area (Å²) in [4.78, 5) is 6.24. The zero-order valence-corrected chi connectivity index (χ0v) is 50.7. The molecule has 10 rings (SSSR count). The van der Waals surface area contributed by atoms with Gasteiger partial charge >= 0.3 is 0 Å². The average Bonchev–Trinajstić information content (AvgIpc) is 4.28. The molecule has 10 aromatic rings. The number of aryl methyl sites for hydroxylation is 3. The first-order valence-electron chi connectivity index (χ1n) is 26.1. The third kappa shape index (κ3) is 26.3. The Labute approximate surface area is 463 Å². The van der Waals surface area contributed by atoms with Crippen LogP contribution in [-0.2, 0) is 12.8 Å². The normalized spacial score (nSPS) is 9.45. The Kier molecular flexibility index (Phi) is 39.6. The van der Waals surface area contributed by atoms with Crippen molar-refractivity contribution in [3.63, 3.8) is 0 Å². The summed E-state index contributed by atoms with van der Waals surface area (Å²) >= 11 is 9.74. The summed E-state index contributed by atoms with van der Waals surface area (Å²) in [5.74, 6) is 3.21. The van der Waals surface area contributed by atoms with Crippen LogP contribution in [0.25, 0.3) is 52.2 Å². The molecule has 0 bridgehead atoms. The molecule has 0 aliphatic heterocycles. The SMILES string of the molecule is CC.CC.CC.CC.CC.CCCCCCc1cc(-c2cccs2)co1.CCCCCc1cc(-c2cccs2)co1.Cc1cc(-c2cccs2)co1.Fc1cc(-c2cccs2)cs1.c1csc(-c2ccoc2)c1. The fourth-order valence-corrected chi connectivity index (χ4v) is 10.4. The Balaban J connectivity index is 0.000000440. The Morgan fingerprint density at radius 1 is 0.397 bits per heavy atom. The largest absolute Gasteiger partial charge is 0.472 e. The van der Waals surface area contributed by atoms with Crippen molar-refractivity contribution in [2.24, 2.45) is 0 Å². The van der Waals surface area contributed by atoms with Gasteiger partial charge in [-0.15, -0.1) is 68.0 Å². The molecule has 0 amide bonds. The smallest absolute Gasteiger partial charge is 0.177 e. The van der Waals surface area contributed by atoms with E-state index in [4.69, 9.17) is 17.7 Å². The number of hydrogen-bond acceptors (Lipinski definition) is 10. The molecule has 0 aromatic carbocycles. The first-order valence-corrected chi connectivity index (χ1v) is 31.4. The second-order valence-electron chi connectivity index (χ2n) is 14.4. The van der Waals surface area contributed by atoms with Crippen LogP contribution < -0.4 is 0 Å². The number of thiophene rings is 6. The summed E-state index contributed by atoms with van der Waals surface area (Å²) in [7, 11) is 0. The molecular weight excluding hydrogens is 1020 g/mol. The fourth-order valence-electron chi connectivity index (χ4n) is 6.19. The lowest BCUT2D eigenvalue weighted by Crippen LogP contribution is -1.82. The Morgan fingerprint density at radius 2 is 0.781 bits per heavy atom.